The van der Waals surface area contributed by atoms with Crippen molar-refractivity contribution in [1.29, 1.82) is 0 Å². The standard InChI is InChI=1S/C22H19NO6S2/c24-30(25,19-7-9-21-22(15-19)29-13-12-28-21)18-6-8-20-16(14-18)10-11-23(20)31(26,27)17-4-2-1-3-5-17/h1-9,14-15H,10-13H2. The molecule has 0 atom stereocenters. The van der Waals surface area contributed by atoms with Gasteiger partial charge in [0.15, 0.2) is 11.5 Å². The van der Waals surface area contributed by atoms with Crippen molar-refractivity contribution in [2.45, 2.75) is 21.1 Å². The second-order valence-corrected chi connectivity index (χ2v) is 11.1. The Kier molecular flexibility index (Phi) is 4.67. The van der Waals surface area contributed by atoms with Gasteiger partial charge in [-0.05, 0) is 54.4 Å². The topological polar surface area (TPSA) is 90.0 Å². The van der Waals surface area contributed by atoms with E-state index in [1.54, 1.807) is 48.5 Å². The van der Waals surface area contributed by atoms with E-state index in [1.807, 2.05) is 0 Å². The molecule has 2 heterocycles. The highest BCUT2D eigenvalue weighted by atomic mass is 32.2. The SMILES string of the molecule is O=S(=O)(c1ccc2c(c1)CCN2S(=O)(=O)c1ccccc1)c1ccc2c(c1)OCCO2. The van der Waals surface area contributed by atoms with Crippen molar-refractivity contribution in [3.8, 4) is 11.5 Å². The molecule has 0 amide bonds. The summed E-state index contributed by atoms with van der Waals surface area (Å²) in [6.07, 6.45) is 0.436. The average Bonchev–Trinajstić information content (AvgIpc) is 3.23. The van der Waals surface area contributed by atoms with Gasteiger partial charge >= 0.3 is 0 Å². The monoisotopic (exact) mass is 457 g/mol. The quantitative estimate of drug-likeness (QED) is 0.598. The maximum Gasteiger partial charge on any atom is 0.264 e. The molecule has 9 heteroatoms. The maximum absolute atomic E-state index is 13.2. The number of hydrogen-bond acceptors (Lipinski definition) is 6. The Morgan fingerprint density at radius 1 is 0.710 bits per heavy atom. The van der Waals surface area contributed by atoms with Crippen molar-refractivity contribution in [1.82, 2.24) is 0 Å². The lowest BCUT2D eigenvalue weighted by Gasteiger charge is -2.20. The van der Waals surface area contributed by atoms with Crippen molar-refractivity contribution < 1.29 is 26.3 Å². The second kappa shape index (κ2) is 7.28. The summed E-state index contributed by atoms with van der Waals surface area (Å²) in [4.78, 5) is 0.418. The number of ether oxygens (including phenoxy) is 2. The number of nitrogens with zero attached hydrogens (tertiary/aromatic N) is 1. The van der Waals surface area contributed by atoms with E-state index >= 15 is 0 Å². The number of fused-ring (bicyclic) bond motifs is 2. The molecular formula is C22H19NO6S2. The maximum atomic E-state index is 13.2. The smallest absolute Gasteiger partial charge is 0.264 e. The van der Waals surface area contributed by atoms with E-state index in [1.165, 1.54) is 22.5 Å². The first kappa shape index (κ1) is 19.9. The highest BCUT2D eigenvalue weighted by Crippen LogP contribution is 2.37. The molecule has 0 aromatic heterocycles. The van der Waals surface area contributed by atoms with Gasteiger partial charge in [-0.15, -0.1) is 0 Å². The molecule has 0 N–H and O–H groups in total. The summed E-state index contributed by atoms with van der Waals surface area (Å²) in [6.45, 7) is 1.05. The number of sulfonamides is 1. The number of benzene rings is 3. The van der Waals surface area contributed by atoms with Crippen molar-refractivity contribution in [2.75, 3.05) is 24.1 Å². The van der Waals surface area contributed by atoms with Gasteiger partial charge < -0.3 is 9.47 Å². The molecule has 0 fully saturated rings. The first-order valence-electron chi connectivity index (χ1n) is 9.73. The Balaban J connectivity index is 1.50. The van der Waals surface area contributed by atoms with Crippen molar-refractivity contribution in [3.63, 3.8) is 0 Å². The van der Waals surface area contributed by atoms with Gasteiger partial charge in [0, 0.05) is 12.6 Å². The summed E-state index contributed by atoms with van der Waals surface area (Å²) in [5, 5.41) is 0. The Labute approximate surface area is 180 Å². The lowest BCUT2D eigenvalue weighted by atomic mass is 10.2. The molecule has 3 aromatic carbocycles. The Morgan fingerprint density at radius 2 is 1.39 bits per heavy atom. The molecule has 160 valence electrons. The van der Waals surface area contributed by atoms with Gasteiger partial charge in [-0.2, -0.15) is 0 Å². The van der Waals surface area contributed by atoms with Crippen molar-refractivity contribution in [3.05, 3.63) is 72.3 Å². The number of hydrogen-bond donors (Lipinski definition) is 0. The molecule has 0 spiro atoms. The van der Waals surface area contributed by atoms with Gasteiger partial charge in [0.05, 0.1) is 20.4 Å². The van der Waals surface area contributed by atoms with Crippen molar-refractivity contribution >= 4 is 25.5 Å². The molecule has 2 aliphatic rings. The number of rotatable bonds is 4. The summed E-state index contributed by atoms with van der Waals surface area (Å²) in [6, 6.07) is 17.3. The zero-order valence-electron chi connectivity index (χ0n) is 16.4. The zero-order valence-corrected chi connectivity index (χ0v) is 18.0. The van der Waals surface area contributed by atoms with Crippen LogP contribution in [0.4, 0.5) is 5.69 Å². The summed E-state index contributed by atoms with van der Waals surface area (Å²) in [7, 11) is -7.51. The summed E-state index contributed by atoms with van der Waals surface area (Å²) < 4.78 is 64.7. The normalized spacial score (nSPS) is 15.5. The van der Waals surface area contributed by atoms with Crippen LogP contribution in [0.15, 0.2) is 81.4 Å². The molecule has 7 nitrogen and oxygen atoms in total. The first-order valence-corrected chi connectivity index (χ1v) is 12.7. The average molecular weight is 458 g/mol. The van der Waals surface area contributed by atoms with Crippen LogP contribution in [0, 0.1) is 0 Å². The van der Waals surface area contributed by atoms with Gasteiger partial charge in [0.1, 0.15) is 13.2 Å². The minimum Gasteiger partial charge on any atom is -0.486 e. The Hall–Kier alpha value is -3.04. The van der Waals surface area contributed by atoms with Gasteiger partial charge in [0.2, 0.25) is 9.84 Å². The van der Waals surface area contributed by atoms with E-state index in [9.17, 15) is 16.8 Å². The van der Waals surface area contributed by atoms with E-state index in [0.717, 1.165) is 0 Å². The molecule has 0 unspecified atom stereocenters. The molecule has 0 aliphatic carbocycles. The van der Waals surface area contributed by atoms with Gasteiger partial charge in [-0.3, -0.25) is 4.31 Å². The molecule has 0 saturated heterocycles. The van der Waals surface area contributed by atoms with Gasteiger partial charge in [-0.25, -0.2) is 16.8 Å². The Bertz CT molecular complexity index is 1370. The van der Waals surface area contributed by atoms with Crippen LogP contribution in [-0.2, 0) is 26.3 Å². The van der Waals surface area contributed by atoms with Crippen LogP contribution in [0.2, 0.25) is 0 Å². The third-order valence-electron chi connectivity index (χ3n) is 5.37. The molecule has 0 saturated carbocycles. The fourth-order valence-corrected chi connectivity index (χ4v) is 6.66. The minimum atomic E-state index is -3.80. The number of anilines is 1. The van der Waals surface area contributed by atoms with E-state index in [2.05, 4.69) is 0 Å². The summed E-state index contributed by atoms with van der Waals surface area (Å²) >= 11 is 0. The van der Waals surface area contributed by atoms with Crippen LogP contribution < -0.4 is 13.8 Å². The van der Waals surface area contributed by atoms with Crippen molar-refractivity contribution in [2.24, 2.45) is 0 Å². The molecule has 2 aliphatic heterocycles. The van der Waals surface area contributed by atoms with E-state index in [0.29, 0.717) is 42.4 Å². The van der Waals surface area contributed by atoms with Crippen LogP contribution in [-0.4, -0.2) is 36.6 Å². The van der Waals surface area contributed by atoms with Crippen LogP contribution >= 0.6 is 0 Å². The fourth-order valence-electron chi connectivity index (χ4n) is 3.81. The molecule has 3 aromatic rings. The fraction of sp³-hybridized carbons (Fsp3) is 0.182. The lowest BCUT2D eigenvalue weighted by molar-refractivity contribution is 0.171. The minimum absolute atomic E-state index is 0.100. The molecule has 5 rings (SSSR count). The second-order valence-electron chi connectivity index (χ2n) is 7.24. The summed E-state index contributed by atoms with van der Waals surface area (Å²) in [5.41, 5.74) is 1.18. The van der Waals surface area contributed by atoms with Crippen LogP contribution in [0.25, 0.3) is 0 Å². The third-order valence-corrected chi connectivity index (χ3v) is 8.95. The summed E-state index contributed by atoms with van der Waals surface area (Å²) in [5.74, 6) is 0.912. The molecule has 0 bridgehead atoms. The first-order chi connectivity index (χ1) is 14.9. The predicted octanol–water partition coefficient (Wildman–Crippen LogP) is 3.04. The number of sulfone groups is 1. The van der Waals surface area contributed by atoms with Crippen LogP contribution in [0.3, 0.4) is 0 Å². The molecular weight excluding hydrogens is 438 g/mol. The Morgan fingerprint density at radius 3 is 2.16 bits per heavy atom. The highest BCUT2D eigenvalue weighted by molar-refractivity contribution is 7.93. The van der Waals surface area contributed by atoms with Gasteiger partial charge in [0.25, 0.3) is 10.0 Å². The molecule has 0 radical (unpaired) electrons. The third kappa shape index (κ3) is 3.34. The molecule has 31 heavy (non-hydrogen) atoms. The van der Waals surface area contributed by atoms with Crippen LogP contribution in [0.5, 0.6) is 11.5 Å². The highest BCUT2D eigenvalue weighted by Gasteiger charge is 2.32. The van der Waals surface area contributed by atoms with Crippen LogP contribution in [0.1, 0.15) is 5.56 Å². The lowest BCUT2D eigenvalue weighted by Crippen LogP contribution is -2.29. The van der Waals surface area contributed by atoms with Gasteiger partial charge in [-0.1, -0.05) is 18.2 Å². The van der Waals surface area contributed by atoms with E-state index in [-0.39, 0.29) is 21.2 Å². The zero-order chi connectivity index (χ0) is 21.6. The van der Waals surface area contributed by atoms with E-state index in [4.69, 9.17) is 9.47 Å². The predicted molar refractivity (Wildman–Crippen MR) is 114 cm³/mol. The van der Waals surface area contributed by atoms with E-state index < -0.39 is 19.9 Å². The largest absolute Gasteiger partial charge is 0.486 e.